The molecule has 2 aromatic rings. The van der Waals surface area contributed by atoms with Gasteiger partial charge in [-0.1, -0.05) is 12.1 Å². The molecule has 0 amide bonds. The van der Waals surface area contributed by atoms with E-state index in [0.717, 1.165) is 11.3 Å². The Hall–Kier alpha value is -2.07. The van der Waals surface area contributed by atoms with Crippen LogP contribution >= 0.6 is 0 Å². The van der Waals surface area contributed by atoms with E-state index in [-0.39, 0.29) is 5.56 Å². The van der Waals surface area contributed by atoms with Crippen LogP contribution < -0.4 is 9.47 Å². The van der Waals surface area contributed by atoms with Gasteiger partial charge in [0.25, 0.3) is 0 Å². The predicted molar refractivity (Wildman–Crippen MR) is 74.7 cm³/mol. The first kappa shape index (κ1) is 14.3. The van der Waals surface area contributed by atoms with E-state index in [0.29, 0.717) is 11.3 Å². The maximum absolute atomic E-state index is 14.0. The standard InChI is InChI=1S/C16H17FO3/c1-10-9-11(7-8-13(10)19-2)16(18)15-12(17)5-4-6-14(15)20-3/h4-9,16,18H,1-3H3. The van der Waals surface area contributed by atoms with Crippen molar-refractivity contribution in [3.8, 4) is 11.5 Å². The number of methoxy groups -OCH3 is 2. The fourth-order valence-corrected chi connectivity index (χ4v) is 2.20. The van der Waals surface area contributed by atoms with Crippen LogP contribution in [0.1, 0.15) is 22.8 Å². The fraction of sp³-hybridized carbons (Fsp3) is 0.250. The summed E-state index contributed by atoms with van der Waals surface area (Å²) >= 11 is 0. The Morgan fingerprint density at radius 1 is 1.05 bits per heavy atom. The van der Waals surface area contributed by atoms with Gasteiger partial charge in [-0.25, -0.2) is 4.39 Å². The third-order valence-electron chi connectivity index (χ3n) is 3.24. The number of benzene rings is 2. The number of halogens is 1. The summed E-state index contributed by atoms with van der Waals surface area (Å²) in [7, 11) is 3.03. The van der Waals surface area contributed by atoms with Crippen LogP contribution in [0.25, 0.3) is 0 Å². The minimum absolute atomic E-state index is 0.138. The van der Waals surface area contributed by atoms with Crippen molar-refractivity contribution in [2.24, 2.45) is 0 Å². The molecule has 0 saturated heterocycles. The molecular formula is C16H17FO3. The number of ether oxygens (including phenoxy) is 2. The van der Waals surface area contributed by atoms with Gasteiger partial charge in [0.1, 0.15) is 23.4 Å². The van der Waals surface area contributed by atoms with Gasteiger partial charge in [-0.3, -0.25) is 0 Å². The molecule has 1 N–H and O–H groups in total. The van der Waals surface area contributed by atoms with E-state index in [1.807, 2.05) is 6.92 Å². The van der Waals surface area contributed by atoms with Crippen molar-refractivity contribution in [3.63, 3.8) is 0 Å². The lowest BCUT2D eigenvalue weighted by atomic mass is 9.98. The van der Waals surface area contributed by atoms with Crippen molar-refractivity contribution in [1.29, 1.82) is 0 Å². The summed E-state index contributed by atoms with van der Waals surface area (Å²) in [5.41, 5.74) is 1.60. The van der Waals surface area contributed by atoms with Gasteiger partial charge in [0.2, 0.25) is 0 Å². The lowest BCUT2D eigenvalue weighted by Gasteiger charge is -2.17. The summed E-state index contributed by atoms with van der Waals surface area (Å²) in [6, 6.07) is 9.71. The Kier molecular flexibility index (Phi) is 4.25. The largest absolute Gasteiger partial charge is 0.496 e. The van der Waals surface area contributed by atoms with E-state index >= 15 is 0 Å². The molecule has 3 nitrogen and oxygen atoms in total. The van der Waals surface area contributed by atoms with Crippen molar-refractivity contribution >= 4 is 0 Å². The highest BCUT2D eigenvalue weighted by Crippen LogP contribution is 2.33. The molecule has 0 saturated carbocycles. The van der Waals surface area contributed by atoms with E-state index in [4.69, 9.17) is 9.47 Å². The van der Waals surface area contributed by atoms with Gasteiger partial charge in [0.15, 0.2) is 0 Å². The maximum atomic E-state index is 14.0. The summed E-state index contributed by atoms with van der Waals surface area (Å²) < 4.78 is 24.2. The van der Waals surface area contributed by atoms with Crippen molar-refractivity contribution in [3.05, 3.63) is 58.9 Å². The number of aliphatic hydroxyl groups excluding tert-OH is 1. The SMILES string of the molecule is COc1ccc(C(O)c2c(F)cccc2OC)cc1C. The van der Waals surface area contributed by atoms with E-state index in [1.165, 1.54) is 13.2 Å². The molecule has 1 atom stereocenters. The predicted octanol–water partition coefficient (Wildman–Crippen LogP) is 3.23. The molecule has 0 aliphatic heterocycles. The van der Waals surface area contributed by atoms with Crippen LogP contribution in [0.2, 0.25) is 0 Å². The lowest BCUT2D eigenvalue weighted by Crippen LogP contribution is -2.06. The zero-order chi connectivity index (χ0) is 14.7. The normalized spacial score (nSPS) is 12.1. The molecule has 0 bridgehead atoms. The minimum Gasteiger partial charge on any atom is -0.496 e. The number of hydrogen-bond acceptors (Lipinski definition) is 3. The second-order valence-electron chi connectivity index (χ2n) is 4.49. The quantitative estimate of drug-likeness (QED) is 0.931. The number of hydrogen-bond donors (Lipinski definition) is 1. The average Bonchev–Trinajstić information content (AvgIpc) is 2.46. The average molecular weight is 276 g/mol. The number of rotatable bonds is 4. The third kappa shape index (κ3) is 2.60. The zero-order valence-electron chi connectivity index (χ0n) is 11.7. The van der Waals surface area contributed by atoms with E-state index < -0.39 is 11.9 Å². The van der Waals surface area contributed by atoms with E-state index in [9.17, 15) is 9.50 Å². The van der Waals surface area contributed by atoms with E-state index in [2.05, 4.69) is 0 Å². The maximum Gasteiger partial charge on any atom is 0.133 e. The molecule has 0 aliphatic rings. The molecule has 0 spiro atoms. The minimum atomic E-state index is -1.09. The van der Waals surface area contributed by atoms with Crippen molar-refractivity contribution in [1.82, 2.24) is 0 Å². The summed E-state index contributed by atoms with van der Waals surface area (Å²) in [6.45, 7) is 1.87. The lowest BCUT2D eigenvalue weighted by molar-refractivity contribution is 0.208. The molecule has 106 valence electrons. The Balaban J connectivity index is 2.46. The summed E-state index contributed by atoms with van der Waals surface area (Å²) in [5, 5.41) is 10.4. The Morgan fingerprint density at radius 3 is 2.35 bits per heavy atom. The molecule has 4 heteroatoms. The van der Waals surface area contributed by atoms with Crippen LogP contribution in [0.15, 0.2) is 36.4 Å². The molecule has 1 unspecified atom stereocenters. The monoisotopic (exact) mass is 276 g/mol. The summed E-state index contributed by atoms with van der Waals surface area (Å²) in [4.78, 5) is 0. The smallest absolute Gasteiger partial charge is 0.133 e. The third-order valence-corrected chi connectivity index (χ3v) is 3.24. The second-order valence-corrected chi connectivity index (χ2v) is 4.49. The number of aryl methyl sites for hydroxylation is 1. The molecule has 2 aromatic carbocycles. The highest BCUT2D eigenvalue weighted by molar-refractivity contribution is 5.44. The van der Waals surface area contributed by atoms with Crippen molar-refractivity contribution in [2.75, 3.05) is 14.2 Å². The topological polar surface area (TPSA) is 38.7 Å². The first-order valence-electron chi connectivity index (χ1n) is 6.23. The van der Waals surface area contributed by atoms with Gasteiger partial charge in [0.05, 0.1) is 19.8 Å². The van der Waals surface area contributed by atoms with Gasteiger partial charge in [-0.2, -0.15) is 0 Å². The molecule has 0 radical (unpaired) electrons. The fourth-order valence-electron chi connectivity index (χ4n) is 2.20. The van der Waals surface area contributed by atoms with Gasteiger partial charge >= 0.3 is 0 Å². The van der Waals surface area contributed by atoms with Crippen LogP contribution in [0.4, 0.5) is 4.39 Å². The molecule has 0 fully saturated rings. The number of aliphatic hydroxyl groups is 1. The molecule has 20 heavy (non-hydrogen) atoms. The van der Waals surface area contributed by atoms with Crippen LogP contribution in [0.5, 0.6) is 11.5 Å². The molecule has 0 heterocycles. The van der Waals surface area contributed by atoms with Gasteiger partial charge < -0.3 is 14.6 Å². The highest BCUT2D eigenvalue weighted by Gasteiger charge is 2.20. The Morgan fingerprint density at radius 2 is 1.75 bits per heavy atom. The van der Waals surface area contributed by atoms with Crippen LogP contribution in [0, 0.1) is 12.7 Å². The molecule has 0 aromatic heterocycles. The second kappa shape index (κ2) is 5.92. The zero-order valence-corrected chi connectivity index (χ0v) is 11.7. The Labute approximate surface area is 117 Å². The molecule has 0 aliphatic carbocycles. The first-order valence-corrected chi connectivity index (χ1v) is 6.23. The summed E-state index contributed by atoms with van der Waals surface area (Å²) in [6.07, 6.45) is -1.09. The van der Waals surface area contributed by atoms with Crippen molar-refractivity contribution in [2.45, 2.75) is 13.0 Å². The Bertz CT molecular complexity index is 611. The van der Waals surface area contributed by atoms with Gasteiger partial charge in [0, 0.05) is 0 Å². The molecule has 2 rings (SSSR count). The van der Waals surface area contributed by atoms with Gasteiger partial charge in [-0.05, 0) is 42.3 Å². The summed E-state index contributed by atoms with van der Waals surface area (Å²) in [5.74, 6) is 0.553. The van der Waals surface area contributed by atoms with Crippen LogP contribution in [-0.4, -0.2) is 19.3 Å². The molecular weight excluding hydrogens is 259 g/mol. The van der Waals surface area contributed by atoms with Gasteiger partial charge in [-0.15, -0.1) is 0 Å². The van der Waals surface area contributed by atoms with Crippen molar-refractivity contribution < 1.29 is 19.0 Å². The van der Waals surface area contributed by atoms with E-state index in [1.54, 1.807) is 37.4 Å². The first-order chi connectivity index (χ1) is 9.58. The van der Waals surface area contributed by atoms with Crippen LogP contribution in [0.3, 0.4) is 0 Å². The highest BCUT2D eigenvalue weighted by atomic mass is 19.1. The van der Waals surface area contributed by atoms with Crippen LogP contribution in [-0.2, 0) is 0 Å².